The number of nitrogens with one attached hydrogen (secondary N) is 1. The molecule has 1 rings (SSSR count). The fourth-order valence-electron chi connectivity index (χ4n) is 1.16. The number of rotatable bonds is 5. The highest BCUT2D eigenvalue weighted by Gasteiger charge is 2.16. The molecule has 0 aliphatic carbocycles. The van der Waals surface area contributed by atoms with Crippen molar-refractivity contribution in [3.05, 3.63) is 33.8 Å². The molecule has 0 aliphatic heterocycles. The summed E-state index contributed by atoms with van der Waals surface area (Å²) in [6.07, 6.45) is 0. The van der Waals surface area contributed by atoms with Crippen molar-refractivity contribution >= 4 is 29.2 Å². The van der Waals surface area contributed by atoms with Gasteiger partial charge < -0.3 is 10.2 Å². The number of hydrogen-bond acceptors (Lipinski definition) is 3. The van der Waals surface area contributed by atoms with Crippen molar-refractivity contribution in [2.24, 2.45) is 0 Å². The third-order valence-corrected chi connectivity index (χ3v) is 2.78. The highest BCUT2D eigenvalue weighted by Crippen LogP contribution is 2.23. The van der Waals surface area contributed by atoms with E-state index in [1.165, 1.54) is 0 Å². The quantitative estimate of drug-likeness (QED) is 0.754. The second-order valence-electron chi connectivity index (χ2n) is 3.15. The predicted molar refractivity (Wildman–Crippen MR) is 61.8 cm³/mol. The Morgan fingerprint density at radius 3 is 2.38 bits per heavy atom. The fraction of sp³-hybridized carbons (Fsp3) is 0.300. The lowest BCUT2D eigenvalue weighted by Gasteiger charge is -2.13. The molecule has 4 nitrogen and oxygen atoms in total. The zero-order valence-corrected chi connectivity index (χ0v) is 9.79. The van der Waals surface area contributed by atoms with Gasteiger partial charge in [-0.15, -0.1) is 0 Å². The van der Waals surface area contributed by atoms with Crippen molar-refractivity contribution in [2.75, 3.05) is 6.61 Å². The van der Waals surface area contributed by atoms with Crippen LogP contribution in [-0.4, -0.2) is 28.8 Å². The van der Waals surface area contributed by atoms with E-state index in [4.69, 9.17) is 33.4 Å². The Morgan fingerprint density at radius 2 is 1.94 bits per heavy atom. The maximum Gasteiger partial charge on any atom is 0.323 e. The van der Waals surface area contributed by atoms with E-state index < -0.39 is 18.6 Å². The van der Waals surface area contributed by atoms with Crippen molar-refractivity contribution in [2.45, 2.75) is 12.6 Å². The van der Waals surface area contributed by atoms with Gasteiger partial charge in [-0.2, -0.15) is 0 Å². The lowest BCUT2D eigenvalue weighted by Crippen LogP contribution is -2.39. The normalized spacial score (nSPS) is 12.4. The monoisotopic (exact) mass is 263 g/mol. The minimum absolute atomic E-state index is 0.191. The Morgan fingerprint density at radius 1 is 1.38 bits per heavy atom. The van der Waals surface area contributed by atoms with Crippen LogP contribution in [0, 0.1) is 0 Å². The molecule has 0 spiro atoms. The van der Waals surface area contributed by atoms with Gasteiger partial charge in [0.25, 0.3) is 0 Å². The first-order valence-corrected chi connectivity index (χ1v) is 5.31. The molecule has 1 aromatic rings. The third kappa shape index (κ3) is 3.35. The highest BCUT2D eigenvalue weighted by atomic mass is 35.5. The third-order valence-electron chi connectivity index (χ3n) is 2.07. The van der Waals surface area contributed by atoms with E-state index >= 15 is 0 Å². The van der Waals surface area contributed by atoms with Crippen LogP contribution in [0.2, 0.25) is 10.0 Å². The second-order valence-corrected chi connectivity index (χ2v) is 3.97. The first kappa shape index (κ1) is 13.3. The standard InChI is InChI=1S/C10H11Cl2NO3/c11-7-2-1-3-8(12)6(7)4-13-9(5-14)10(15)16/h1-3,9,13-14H,4-5H2,(H,15,16)/t9-/m0/s1. The smallest absolute Gasteiger partial charge is 0.323 e. The zero-order chi connectivity index (χ0) is 12.1. The molecule has 0 fully saturated rings. The number of carbonyl (C=O) groups is 1. The molecule has 1 aromatic carbocycles. The number of aliphatic hydroxyl groups excluding tert-OH is 1. The summed E-state index contributed by atoms with van der Waals surface area (Å²) in [5.41, 5.74) is 0.616. The van der Waals surface area contributed by atoms with Gasteiger partial charge in [-0.05, 0) is 12.1 Å². The molecule has 6 heteroatoms. The fourth-order valence-corrected chi connectivity index (χ4v) is 1.69. The Labute approximate surface area is 103 Å². The van der Waals surface area contributed by atoms with Crippen LogP contribution in [0.25, 0.3) is 0 Å². The van der Waals surface area contributed by atoms with Gasteiger partial charge in [-0.3, -0.25) is 10.1 Å². The molecule has 16 heavy (non-hydrogen) atoms. The maximum absolute atomic E-state index is 10.6. The molecule has 0 saturated heterocycles. The van der Waals surface area contributed by atoms with E-state index in [9.17, 15) is 4.79 Å². The average Bonchev–Trinajstić information content (AvgIpc) is 2.22. The van der Waals surface area contributed by atoms with Crippen LogP contribution in [-0.2, 0) is 11.3 Å². The summed E-state index contributed by atoms with van der Waals surface area (Å²) in [4.78, 5) is 10.6. The molecule has 0 aromatic heterocycles. The molecule has 0 bridgehead atoms. The topological polar surface area (TPSA) is 69.6 Å². The molecule has 1 atom stereocenters. The number of carboxylic acid groups (broad SMARTS) is 1. The number of aliphatic hydroxyl groups is 1. The van der Waals surface area contributed by atoms with Gasteiger partial charge in [0.15, 0.2) is 0 Å². The van der Waals surface area contributed by atoms with Gasteiger partial charge in [0.2, 0.25) is 0 Å². The summed E-state index contributed by atoms with van der Waals surface area (Å²) in [7, 11) is 0. The highest BCUT2D eigenvalue weighted by molar-refractivity contribution is 6.35. The number of aliphatic carboxylic acids is 1. The summed E-state index contributed by atoms with van der Waals surface area (Å²) in [5.74, 6) is -1.12. The van der Waals surface area contributed by atoms with E-state index in [0.29, 0.717) is 15.6 Å². The van der Waals surface area contributed by atoms with Crippen LogP contribution in [0.1, 0.15) is 5.56 Å². The molecule has 0 radical (unpaired) electrons. The zero-order valence-electron chi connectivity index (χ0n) is 8.28. The van der Waals surface area contributed by atoms with Gasteiger partial charge >= 0.3 is 5.97 Å². The minimum atomic E-state index is -1.12. The number of carboxylic acids is 1. The largest absolute Gasteiger partial charge is 0.480 e. The Kier molecular flexibility index (Phi) is 5.02. The van der Waals surface area contributed by atoms with Crippen molar-refractivity contribution < 1.29 is 15.0 Å². The Bertz CT molecular complexity index is 364. The average molecular weight is 264 g/mol. The number of benzene rings is 1. The summed E-state index contributed by atoms with van der Waals surface area (Å²) in [5, 5.41) is 21.1. The maximum atomic E-state index is 10.6. The van der Waals surface area contributed by atoms with Crippen LogP contribution in [0.15, 0.2) is 18.2 Å². The first-order valence-electron chi connectivity index (χ1n) is 4.56. The summed E-state index contributed by atoms with van der Waals surface area (Å²) in [6.45, 7) is -0.298. The van der Waals surface area contributed by atoms with Crippen molar-refractivity contribution in [3.8, 4) is 0 Å². The summed E-state index contributed by atoms with van der Waals surface area (Å²) < 4.78 is 0. The van der Waals surface area contributed by atoms with Crippen LogP contribution in [0.4, 0.5) is 0 Å². The molecule has 0 saturated carbocycles. The number of halogens is 2. The van der Waals surface area contributed by atoms with E-state index in [2.05, 4.69) is 5.32 Å². The Hall–Kier alpha value is -0.810. The van der Waals surface area contributed by atoms with Crippen LogP contribution in [0.5, 0.6) is 0 Å². The predicted octanol–water partition coefficient (Wildman–Crippen LogP) is 1.53. The summed E-state index contributed by atoms with van der Waals surface area (Å²) in [6, 6.07) is 4.01. The molecule has 0 unspecified atom stereocenters. The van der Waals surface area contributed by atoms with E-state index in [-0.39, 0.29) is 6.54 Å². The molecule has 0 heterocycles. The van der Waals surface area contributed by atoms with E-state index in [1.807, 2.05) is 0 Å². The van der Waals surface area contributed by atoms with Crippen LogP contribution >= 0.6 is 23.2 Å². The molecular formula is C10H11Cl2NO3. The summed E-state index contributed by atoms with van der Waals surface area (Å²) >= 11 is 11.8. The minimum Gasteiger partial charge on any atom is -0.480 e. The van der Waals surface area contributed by atoms with Crippen LogP contribution < -0.4 is 5.32 Å². The lowest BCUT2D eigenvalue weighted by atomic mass is 10.2. The van der Waals surface area contributed by atoms with Crippen molar-refractivity contribution in [3.63, 3.8) is 0 Å². The molecule has 3 N–H and O–H groups in total. The van der Waals surface area contributed by atoms with Crippen molar-refractivity contribution in [1.29, 1.82) is 0 Å². The molecule has 88 valence electrons. The van der Waals surface area contributed by atoms with Gasteiger partial charge in [-0.1, -0.05) is 29.3 Å². The van der Waals surface area contributed by atoms with Crippen molar-refractivity contribution in [1.82, 2.24) is 5.32 Å². The van der Waals surface area contributed by atoms with Crippen LogP contribution in [0.3, 0.4) is 0 Å². The molecule has 0 aliphatic rings. The molecule has 0 amide bonds. The van der Waals surface area contributed by atoms with Gasteiger partial charge in [0.05, 0.1) is 6.61 Å². The number of hydrogen-bond donors (Lipinski definition) is 3. The van der Waals surface area contributed by atoms with E-state index in [1.54, 1.807) is 18.2 Å². The lowest BCUT2D eigenvalue weighted by molar-refractivity contribution is -0.140. The Balaban J connectivity index is 2.70. The van der Waals surface area contributed by atoms with Gasteiger partial charge in [0.1, 0.15) is 6.04 Å². The second kappa shape index (κ2) is 6.06. The van der Waals surface area contributed by atoms with Gasteiger partial charge in [0, 0.05) is 22.2 Å². The molecular weight excluding hydrogens is 253 g/mol. The SMILES string of the molecule is O=C(O)[C@H](CO)NCc1c(Cl)cccc1Cl. The first-order chi connectivity index (χ1) is 7.56. The van der Waals surface area contributed by atoms with E-state index in [0.717, 1.165) is 0 Å². The van der Waals surface area contributed by atoms with Gasteiger partial charge in [-0.25, -0.2) is 0 Å².